The van der Waals surface area contributed by atoms with E-state index in [-0.39, 0.29) is 0 Å². The van der Waals surface area contributed by atoms with Crippen LogP contribution in [0.25, 0.3) is 49.6 Å². The van der Waals surface area contributed by atoms with Crippen LogP contribution >= 0.6 is 0 Å². The van der Waals surface area contributed by atoms with Gasteiger partial charge in [-0.25, -0.2) is 4.57 Å². The smallest absolute Gasteiger partial charge is 0.252 e. The second kappa shape index (κ2) is 6.64. The van der Waals surface area contributed by atoms with E-state index >= 15 is 0 Å². The predicted octanol–water partition coefficient (Wildman–Crippen LogP) is 6.52. The van der Waals surface area contributed by atoms with Crippen molar-refractivity contribution in [3.05, 3.63) is 89.1 Å². The molecule has 0 saturated heterocycles. The molecule has 0 aliphatic heterocycles. The number of rotatable bonds is 1. The third-order valence-corrected chi connectivity index (χ3v) is 6.79. The normalized spacial score (nSPS) is 11.9. The van der Waals surface area contributed by atoms with Crippen molar-refractivity contribution in [3.8, 4) is 11.1 Å². The van der Waals surface area contributed by atoms with Gasteiger partial charge < -0.3 is 0 Å². The molecule has 3 nitrogen and oxygen atoms in total. The monoisotopic (exact) mass is 416 g/mol. The van der Waals surface area contributed by atoms with Crippen LogP contribution in [0.15, 0.2) is 66.7 Å². The molecule has 6 aromatic rings. The van der Waals surface area contributed by atoms with Gasteiger partial charge in [0.2, 0.25) is 0 Å². The summed E-state index contributed by atoms with van der Waals surface area (Å²) in [4.78, 5) is 5.14. The van der Waals surface area contributed by atoms with E-state index in [0.29, 0.717) is 0 Å². The lowest BCUT2D eigenvalue weighted by Gasteiger charge is -2.14. The molecule has 32 heavy (non-hydrogen) atoms. The van der Waals surface area contributed by atoms with Crippen molar-refractivity contribution >= 4 is 38.5 Å². The van der Waals surface area contributed by atoms with Gasteiger partial charge in [0.1, 0.15) is 5.52 Å². The van der Waals surface area contributed by atoms with Crippen LogP contribution in [-0.2, 0) is 7.05 Å². The zero-order valence-corrected chi connectivity index (χ0v) is 19.2. The molecular weight excluding hydrogens is 390 g/mol. The number of pyridine rings is 2. The van der Waals surface area contributed by atoms with E-state index in [1.165, 1.54) is 60.8 Å². The van der Waals surface area contributed by atoms with Gasteiger partial charge in [0.15, 0.2) is 11.0 Å². The second-order valence-electron chi connectivity index (χ2n) is 9.03. The van der Waals surface area contributed by atoms with Crippen molar-refractivity contribution in [3.63, 3.8) is 0 Å². The molecular formula is C29H26N3+. The third kappa shape index (κ3) is 2.48. The summed E-state index contributed by atoms with van der Waals surface area (Å²) in [5.41, 5.74) is 13.3. The van der Waals surface area contributed by atoms with Crippen LogP contribution in [0.3, 0.4) is 0 Å². The summed E-state index contributed by atoms with van der Waals surface area (Å²) in [6.07, 6.45) is 0. The van der Waals surface area contributed by atoms with Gasteiger partial charge in [0.25, 0.3) is 5.65 Å². The number of para-hydroxylation sites is 2. The maximum absolute atomic E-state index is 5.14. The Bertz CT molecular complexity index is 1720. The zero-order chi connectivity index (χ0) is 22.1. The summed E-state index contributed by atoms with van der Waals surface area (Å²) in [6.45, 7) is 8.67. The minimum atomic E-state index is 1.05. The maximum atomic E-state index is 5.14. The van der Waals surface area contributed by atoms with Crippen LogP contribution in [0.4, 0.5) is 0 Å². The lowest BCUT2D eigenvalue weighted by atomic mass is 9.93. The lowest BCUT2D eigenvalue weighted by Crippen LogP contribution is -2.27. The summed E-state index contributed by atoms with van der Waals surface area (Å²) in [5, 5.41) is 2.44. The molecule has 156 valence electrons. The molecule has 0 atom stereocenters. The topological polar surface area (TPSA) is 21.2 Å². The van der Waals surface area contributed by atoms with Gasteiger partial charge >= 0.3 is 0 Å². The Kier molecular flexibility index (Phi) is 3.94. The Hall–Kier alpha value is -3.72. The number of benzene rings is 3. The molecule has 0 unspecified atom stereocenters. The lowest BCUT2D eigenvalue weighted by molar-refractivity contribution is -0.617. The van der Waals surface area contributed by atoms with Crippen molar-refractivity contribution in [1.29, 1.82) is 0 Å². The number of fused-ring (bicyclic) bond motifs is 8. The molecule has 0 amide bonds. The first-order valence-corrected chi connectivity index (χ1v) is 11.1. The van der Waals surface area contributed by atoms with Crippen LogP contribution in [0, 0.1) is 27.7 Å². The first-order chi connectivity index (χ1) is 15.5. The fourth-order valence-electron chi connectivity index (χ4n) is 5.36. The summed E-state index contributed by atoms with van der Waals surface area (Å²) >= 11 is 0. The quantitative estimate of drug-likeness (QED) is 0.221. The molecule has 3 heteroatoms. The van der Waals surface area contributed by atoms with Crippen LogP contribution < -0.4 is 4.57 Å². The van der Waals surface area contributed by atoms with E-state index in [4.69, 9.17) is 4.98 Å². The van der Waals surface area contributed by atoms with Gasteiger partial charge in [-0.3, -0.25) is 4.98 Å². The second-order valence-corrected chi connectivity index (χ2v) is 9.03. The molecule has 0 aliphatic carbocycles. The van der Waals surface area contributed by atoms with E-state index in [1.54, 1.807) is 0 Å². The molecule has 0 aliphatic rings. The van der Waals surface area contributed by atoms with Gasteiger partial charge in [-0.15, -0.1) is 0 Å². The molecule has 0 bridgehead atoms. The summed E-state index contributed by atoms with van der Waals surface area (Å²) in [6, 6.07) is 24.2. The van der Waals surface area contributed by atoms with Crippen molar-refractivity contribution < 1.29 is 4.57 Å². The van der Waals surface area contributed by atoms with Gasteiger partial charge in [-0.2, -0.15) is 4.40 Å². The van der Waals surface area contributed by atoms with Crippen molar-refractivity contribution in [2.24, 2.45) is 7.05 Å². The van der Waals surface area contributed by atoms with Gasteiger partial charge in [0.05, 0.1) is 23.3 Å². The van der Waals surface area contributed by atoms with Crippen LogP contribution in [-0.4, -0.2) is 9.38 Å². The number of aromatic nitrogens is 3. The summed E-state index contributed by atoms with van der Waals surface area (Å²) in [5.74, 6) is 0. The third-order valence-electron chi connectivity index (χ3n) is 6.79. The fraction of sp³-hybridized carbons (Fsp3) is 0.172. The number of hydrogen-bond acceptors (Lipinski definition) is 1. The largest absolute Gasteiger partial charge is 0.297 e. The van der Waals surface area contributed by atoms with E-state index in [2.05, 4.69) is 110 Å². The SMILES string of the molecule is Cc1ccc(C)c(-c2cccc3c2c2nc(C)cc(C)c2c2n3c3ccccc3[n+]2C)c1. The molecule has 0 N–H and O–H groups in total. The minimum Gasteiger partial charge on any atom is -0.252 e. The van der Waals surface area contributed by atoms with Crippen molar-refractivity contribution in [2.75, 3.05) is 0 Å². The first kappa shape index (κ1) is 19.0. The minimum absolute atomic E-state index is 1.05. The highest BCUT2D eigenvalue weighted by atomic mass is 15.1. The van der Waals surface area contributed by atoms with Crippen LogP contribution in [0.1, 0.15) is 22.4 Å². The van der Waals surface area contributed by atoms with Gasteiger partial charge in [0, 0.05) is 5.69 Å². The molecule has 3 heterocycles. The first-order valence-electron chi connectivity index (χ1n) is 11.1. The number of hydrogen-bond donors (Lipinski definition) is 0. The molecule has 0 spiro atoms. The van der Waals surface area contributed by atoms with Crippen molar-refractivity contribution in [1.82, 2.24) is 9.38 Å². The molecule has 3 aromatic heterocycles. The van der Waals surface area contributed by atoms with Gasteiger partial charge in [-0.05, 0) is 74.2 Å². The average molecular weight is 417 g/mol. The van der Waals surface area contributed by atoms with E-state index < -0.39 is 0 Å². The Morgan fingerprint density at radius 1 is 0.719 bits per heavy atom. The molecule has 0 radical (unpaired) electrons. The highest BCUT2D eigenvalue weighted by Gasteiger charge is 2.26. The molecule has 3 aromatic carbocycles. The highest BCUT2D eigenvalue weighted by molar-refractivity contribution is 6.17. The Balaban J connectivity index is 1.98. The Morgan fingerprint density at radius 3 is 2.34 bits per heavy atom. The molecule has 0 saturated carbocycles. The van der Waals surface area contributed by atoms with Crippen molar-refractivity contribution in [2.45, 2.75) is 27.7 Å². The van der Waals surface area contributed by atoms with E-state index in [0.717, 1.165) is 11.2 Å². The maximum Gasteiger partial charge on any atom is 0.297 e. The average Bonchev–Trinajstić information content (AvgIpc) is 3.08. The van der Waals surface area contributed by atoms with Gasteiger partial charge in [-0.1, -0.05) is 48.0 Å². The van der Waals surface area contributed by atoms with E-state index in [1.807, 2.05) is 0 Å². The predicted molar refractivity (Wildman–Crippen MR) is 133 cm³/mol. The Labute approximate surface area is 187 Å². The number of imidazole rings is 1. The summed E-state index contributed by atoms with van der Waals surface area (Å²) in [7, 11) is 2.16. The number of aryl methyl sites for hydroxylation is 5. The Morgan fingerprint density at radius 2 is 1.50 bits per heavy atom. The molecule has 6 rings (SSSR count). The van der Waals surface area contributed by atoms with Crippen LogP contribution in [0.5, 0.6) is 0 Å². The summed E-state index contributed by atoms with van der Waals surface area (Å²) < 4.78 is 4.73. The van der Waals surface area contributed by atoms with Crippen LogP contribution in [0.2, 0.25) is 0 Å². The standard InChI is InChI=1S/C29H26N3/c1-17-13-14-18(2)22(15-17)21-9-8-12-25-27(21)28-26(19(3)16-20(4)30-28)29-31(5)23-10-6-7-11-24(23)32(25)29/h6-16H,1-5H3/q+1. The zero-order valence-electron chi connectivity index (χ0n) is 19.2. The molecule has 0 fully saturated rings. The fourth-order valence-corrected chi connectivity index (χ4v) is 5.36. The highest BCUT2D eigenvalue weighted by Crippen LogP contribution is 2.39. The van der Waals surface area contributed by atoms with E-state index in [9.17, 15) is 0 Å². The number of nitrogens with zero attached hydrogens (tertiary/aromatic N) is 3.